The molecule has 1 aromatic heterocycles. The number of amides is 1. The number of rotatable bonds is 10. The maximum Gasteiger partial charge on any atom is 0.220 e. The molecule has 0 aliphatic rings. The molecular weight excluding hydrogens is 368 g/mol. The molecule has 146 valence electrons. The third-order valence-corrected chi connectivity index (χ3v) is 5.33. The Balaban J connectivity index is 1.68. The minimum atomic E-state index is 0.128. The standard InChI is InChI=1S/C22H26N4OS/c1-2-3-16-23-20(27)15-10-17-28-22-25-24-21(18-11-6-4-7-12-18)26(22)19-13-8-5-9-14-19/h4-9,11-14H,2-3,10,15-17H2,1H3,(H,23,27). The highest BCUT2D eigenvalue weighted by atomic mass is 32.2. The summed E-state index contributed by atoms with van der Waals surface area (Å²) in [6, 6.07) is 20.2. The summed E-state index contributed by atoms with van der Waals surface area (Å²) in [5.74, 6) is 1.77. The predicted molar refractivity (Wildman–Crippen MR) is 115 cm³/mol. The average Bonchev–Trinajstić information content (AvgIpc) is 3.16. The van der Waals surface area contributed by atoms with Crippen molar-refractivity contribution in [3.63, 3.8) is 0 Å². The van der Waals surface area contributed by atoms with Crippen molar-refractivity contribution in [2.45, 2.75) is 37.8 Å². The van der Waals surface area contributed by atoms with E-state index in [0.717, 1.165) is 53.8 Å². The van der Waals surface area contributed by atoms with E-state index in [9.17, 15) is 4.79 Å². The quantitative estimate of drug-likeness (QED) is 0.399. The van der Waals surface area contributed by atoms with Crippen molar-refractivity contribution in [3.05, 3.63) is 60.7 Å². The van der Waals surface area contributed by atoms with Gasteiger partial charge in [-0.05, 0) is 25.0 Å². The van der Waals surface area contributed by atoms with Crippen molar-refractivity contribution in [3.8, 4) is 17.1 Å². The average molecular weight is 395 g/mol. The Bertz CT molecular complexity index is 865. The van der Waals surface area contributed by atoms with E-state index >= 15 is 0 Å². The second-order valence-electron chi connectivity index (χ2n) is 6.50. The molecule has 1 N–H and O–H groups in total. The fourth-order valence-corrected chi connectivity index (χ4v) is 3.73. The summed E-state index contributed by atoms with van der Waals surface area (Å²) in [4.78, 5) is 11.9. The second-order valence-corrected chi connectivity index (χ2v) is 7.56. The molecule has 0 aliphatic heterocycles. The number of hydrogen-bond donors (Lipinski definition) is 1. The number of unbranched alkanes of at least 4 members (excludes halogenated alkanes) is 1. The Hall–Kier alpha value is -2.60. The summed E-state index contributed by atoms with van der Waals surface area (Å²) in [5.41, 5.74) is 2.06. The second kappa shape index (κ2) is 10.7. The molecule has 0 bridgehead atoms. The van der Waals surface area contributed by atoms with Crippen LogP contribution in [-0.4, -0.2) is 33.0 Å². The Morgan fingerprint density at radius 1 is 1.00 bits per heavy atom. The van der Waals surface area contributed by atoms with Gasteiger partial charge in [-0.15, -0.1) is 10.2 Å². The topological polar surface area (TPSA) is 59.8 Å². The highest BCUT2D eigenvalue weighted by Gasteiger charge is 2.15. The van der Waals surface area contributed by atoms with Gasteiger partial charge in [0.25, 0.3) is 0 Å². The molecule has 0 unspecified atom stereocenters. The Morgan fingerprint density at radius 2 is 1.71 bits per heavy atom. The summed E-state index contributed by atoms with van der Waals surface area (Å²) >= 11 is 1.64. The number of hydrogen-bond acceptors (Lipinski definition) is 4. The Labute approximate surface area is 170 Å². The largest absolute Gasteiger partial charge is 0.356 e. The number of nitrogens with zero attached hydrogens (tertiary/aromatic N) is 3. The lowest BCUT2D eigenvalue weighted by Crippen LogP contribution is -2.24. The van der Waals surface area contributed by atoms with Gasteiger partial charge in [0.1, 0.15) is 0 Å². The zero-order valence-corrected chi connectivity index (χ0v) is 17.0. The number of thioether (sulfide) groups is 1. The van der Waals surface area contributed by atoms with Gasteiger partial charge < -0.3 is 5.32 Å². The van der Waals surface area contributed by atoms with Gasteiger partial charge in [0.15, 0.2) is 11.0 Å². The summed E-state index contributed by atoms with van der Waals surface area (Å²) in [6.45, 7) is 2.89. The number of nitrogens with one attached hydrogen (secondary N) is 1. The van der Waals surface area contributed by atoms with E-state index < -0.39 is 0 Å². The molecule has 0 aliphatic carbocycles. The van der Waals surface area contributed by atoms with Crippen LogP contribution in [0, 0.1) is 0 Å². The normalized spacial score (nSPS) is 10.8. The van der Waals surface area contributed by atoms with Gasteiger partial charge in [-0.2, -0.15) is 0 Å². The monoisotopic (exact) mass is 394 g/mol. The van der Waals surface area contributed by atoms with Crippen molar-refractivity contribution in [2.24, 2.45) is 0 Å². The molecule has 0 saturated carbocycles. The van der Waals surface area contributed by atoms with Crippen LogP contribution < -0.4 is 5.32 Å². The summed E-state index contributed by atoms with van der Waals surface area (Å²) in [6.07, 6.45) is 3.48. The Morgan fingerprint density at radius 3 is 2.43 bits per heavy atom. The molecule has 0 fully saturated rings. The van der Waals surface area contributed by atoms with Gasteiger partial charge in [-0.3, -0.25) is 9.36 Å². The number of benzene rings is 2. The van der Waals surface area contributed by atoms with E-state index in [1.807, 2.05) is 48.5 Å². The molecule has 3 rings (SSSR count). The molecule has 0 spiro atoms. The number of carbonyl (C=O) groups excluding carboxylic acids is 1. The predicted octanol–water partition coefficient (Wildman–Crippen LogP) is 4.72. The van der Waals surface area contributed by atoms with E-state index in [-0.39, 0.29) is 5.91 Å². The highest BCUT2D eigenvalue weighted by molar-refractivity contribution is 7.99. The van der Waals surface area contributed by atoms with Crippen molar-refractivity contribution >= 4 is 17.7 Å². The molecule has 1 amide bonds. The third kappa shape index (κ3) is 5.45. The molecule has 6 heteroatoms. The fourth-order valence-electron chi connectivity index (χ4n) is 2.84. The van der Waals surface area contributed by atoms with Gasteiger partial charge >= 0.3 is 0 Å². The lowest BCUT2D eigenvalue weighted by molar-refractivity contribution is -0.121. The van der Waals surface area contributed by atoms with Crippen molar-refractivity contribution in [1.29, 1.82) is 0 Å². The maximum atomic E-state index is 11.9. The first-order chi connectivity index (χ1) is 13.8. The highest BCUT2D eigenvalue weighted by Crippen LogP contribution is 2.28. The van der Waals surface area contributed by atoms with Gasteiger partial charge in [-0.1, -0.05) is 73.6 Å². The van der Waals surface area contributed by atoms with Crippen molar-refractivity contribution in [1.82, 2.24) is 20.1 Å². The van der Waals surface area contributed by atoms with E-state index in [2.05, 4.69) is 39.1 Å². The van der Waals surface area contributed by atoms with Crippen LogP contribution in [0.25, 0.3) is 17.1 Å². The first kappa shape index (κ1) is 20.1. The Kier molecular flexibility index (Phi) is 7.67. The molecule has 2 aromatic carbocycles. The van der Waals surface area contributed by atoms with Gasteiger partial charge in [0, 0.05) is 30.0 Å². The van der Waals surface area contributed by atoms with Crippen LogP contribution in [0.15, 0.2) is 65.8 Å². The molecule has 28 heavy (non-hydrogen) atoms. The SMILES string of the molecule is CCCCNC(=O)CCCSc1nnc(-c2ccccc2)n1-c1ccccc1. The summed E-state index contributed by atoms with van der Waals surface area (Å²) in [5, 5.41) is 12.7. The zero-order valence-electron chi connectivity index (χ0n) is 16.2. The lowest BCUT2D eigenvalue weighted by atomic mass is 10.2. The van der Waals surface area contributed by atoms with Crippen LogP contribution in [0.3, 0.4) is 0 Å². The van der Waals surface area contributed by atoms with Crippen molar-refractivity contribution < 1.29 is 4.79 Å². The summed E-state index contributed by atoms with van der Waals surface area (Å²) < 4.78 is 2.08. The molecule has 0 saturated heterocycles. The van der Waals surface area contributed by atoms with Crippen LogP contribution in [0.4, 0.5) is 0 Å². The number of para-hydroxylation sites is 1. The van der Waals surface area contributed by atoms with Crippen molar-refractivity contribution in [2.75, 3.05) is 12.3 Å². The molecule has 1 heterocycles. The maximum absolute atomic E-state index is 11.9. The number of carbonyl (C=O) groups is 1. The van der Waals surface area contributed by atoms with Crippen LogP contribution in [0.2, 0.25) is 0 Å². The van der Waals surface area contributed by atoms with Gasteiger partial charge in [-0.25, -0.2) is 0 Å². The van der Waals surface area contributed by atoms with E-state index in [1.54, 1.807) is 11.8 Å². The smallest absolute Gasteiger partial charge is 0.220 e. The lowest BCUT2D eigenvalue weighted by Gasteiger charge is -2.10. The summed E-state index contributed by atoms with van der Waals surface area (Å²) in [7, 11) is 0. The first-order valence-corrected chi connectivity index (χ1v) is 10.7. The minimum absolute atomic E-state index is 0.128. The molecule has 5 nitrogen and oxygen atoms in total. The number of aromatic nitrogens is 3. The van der Waals surface area contributed by atoms with Crippen LogP contribution in [0.1, 0.15) is 32.6 Å². The van der Waals surface area contributed by atoms with E-state index in [0.29, 0.717) is 6.42 Å². The van der Waals surface area contributed by atoms with Gasteiger partial charge in [0.2, 0.25) is 5.91 Å². The molecule has 3 aromatic rings. The van der Waals surface area contributed by atoms with Crippen LogP contribution in [-0.2, 0) is 4.79 Å². The molecular formula is C22H26N4OS. The van der Waals surface area contributed by atoms with E-state index in [1.165, 1.54) is 0 Å². The van der Waals surface area contributed by atoms with E-state index in [4.69, 9.17) is 0 Å². The minimum Gasteiger partial charge on any atom is -0.356 e. The third-order valence-electron chi connectivity index (χ3n) is 4.31. The first-order valence-electron chi connectivity index (χ1n) is 9.75. The van der Waals surface area contributed by atoms with Crippen LogP contribution >= 0.6 is 11.8 Å². The zero-order chi connectivity index (χ0) is 19.6. The van der Waals surface area contributed by atoms with Crippen LogP contribution in [0.5, 0.6) is 0 Å². The van der Waals surface area contributed by atoms with Gasteiger partial charge in [0.05, 0.1) is 0 Å². The molecule has 0 atom stereocenters. The fraction of sp³-hybridized carbons (Fsp3) is 0.318. The molecule has 0 radical (unpaired) electrons.